The lowest BCUT2D eigenvalue weighted by Gasteiger charge is -2.24. The van der Waals surface area contributed by atoms with E-state index in [1.54, 1.807) is 20.8 Å². The van der Waals surface area contributed by atoms with Crippen LogP contribution in [0.4, 0.5) is 0 Å². The minimum absolute atomic E-state index is 0.0116. The summed E-state index contributed by atoms with van der Waals surface area (Å²) in [6, 6.07) is 15.8. The molecule has 182 valence electrons. The average molecular weight is 468 g/mol. The molecule has 7 heteroatoms. The highest BCUT2D eigenvalue weighted by atomic mass is 16.6. The van der Waals surface area contributed by atoms with Gasteiger partial charge in [0.2, 0.25) is 5.54 Å². The van der Waals surface area contributed by atoms with Gasteiger partial charge >= 0.3 is 17.9 Å². The van der Waals surface area contributed by atoms with E-state index in [0.717, 1.165) is 22.3 Å². The zero-order chi connectivity index (χ0) is 24.9. The van der Waals surface area contributed by atoms with Crippen molar-refractivity contribution in [2.45, 2.75) is 69.9 Å². The quantitative estimate of drug-likeness (QED) is 0.302. The highest BCUT2D eigenvalue weighted by Crippen LogP contribution is 2.44. The van der Waals surface area contributed by atoms with Crippen molar-refractivity contribution in [3.05, 3.63) is 59.7 Å². The lowest BCUT2D eigenvalue weighted by atomic mass is 9.93. The van der Waals surface area contributed by atoms with E-state index in [1.165, 1.54) is 0 Å². The Labute approximate surface area is 200 Å². The molecule has 0 aliphatic heterocycles. The number of ether oxygens (including phenoxy) is 2. The standard InChI is InChI=1S/C27H33NO6/c1-26(2,3)34-23(29)15-5-4-10-16-27(28,24(30)31)25(32)33-17-22-20-13-8-6-11-18(20)19-12-7-9-14-21(19)22/h6-9,11-14,22H,4-5,10,15-17,28H2,1-3H3,(H,30,31). The first-order valence-corrected chi connectivity index (χ1v) is 11.6. The molecule has 34 heavy (non-hydrogen) atoms. The third-order valence-electron chi connectivity index (χ3n) is 5.96. The van der Waals surface area contributed by atoms with Gasteiger partial charge in [-0.2, -0.15) is 0 Å². The number of carboxylic acid groups (broad SMARTS) is 1. The predicted octanol–water partition coefficient (Wildman–Crippen LogP) is 4.42. The molecule has 3 rings (SSSR count). The molecule has 1 aliphatic carbocycles. The van der Waals surface area contributed by atoms with Gasteiger partial charge < -0.3 is 20.3 Å². The fourth-order valence-corrected chi connectivity index (χ4v) is 4.27. The summed E-state index contributed by atoms with van der Waals surface area (Å²) in [7, 11) is 0. The molecule has 0 heterocycles. The topological polar surface area (TPSA) is 116 Å². The Hall–Kier alpha value is -3.19. The highest BCUT2D eigenvalue weighted by Gasteiger charge is 2.44. The number of hydrogen-bond acceptors (Lipinski definition) is 6. The van der Waals surface area contributed by atoms with Gasteiger partial charge in [0.1, 0.15) is 12.2 Å². The minimum atomic E-state index is -2.14. The van der Waals surface area contributed by atoms with E-state index in [9.17, 15) is 19.5 Å². The molecule has 0 saturated carbocycles. The molecule has 3 N–H and O–H groups in total. The summed E-state index contributed by atoms with van der Waals surface area (Å²) in [6.07, 6.45) is 1.59. The molecule has 0 fully saturated rings. The van der Waals surface area contributed by atoms with Gasteiger partial charge in [-0.25, -0.2) is 9.59 Å². The van der Waals surface area contributed by atoms with Gasteiger partial charge in [-0.1, -0.05) is 61.4 Å². The molecule has 1 aliphatic rings. The number of carbonyl (C=O) groups is 3. The number of nitrogens with two attached hydrogens (primary N) is 1. The molecule has 0 bridgehead atoms. The second-order valence-corrected chi connectivity index (χ2v) is 9.75. The van der Waals surface area contributed by atoms with Crippen molar-refractivity contribution in [1.29, 1.82) is 0 Å². The molecule has 0 spiro atoms. The minimum Gasteiger partial charge on any atom is -0.479 e. The van der Waals surface area contributed by atoms with Crippen molar-refractivity contribution in [3.8, 4) is 11.1 Å². The Morgan fingerprint density at radius 2 is 1.47 bits per heavy atom. The first-order chi connectivity index (χ1) is 16.0. The Balaban J connectivity index is 1.57. The first-order valence-electron chi connectivity index (χ1n) is 11.6. The van der Waals surface area contributed by atoms with Gasteiger partial charge in [-0.05, 0) is 55.9 Å². The lowest BCUT2D eigenvalue weighted by Crippen LogP contribution is -2.56. The van der Waals surface area contributed by atoms with Gasteiger partial charge in [0.05, 0.1) is 0 Å². The molecule has 0 amide bonds. The van der Waals surface area contributed by atoms with Gasteiger partial charge in [-0.3, -0.25) is 4.79 Å². The van der Waals surface area contributed by atoms with Crippen LogP contribution >= 0.6 is 0 Å². The predicted molar refractivity (Wildman–Crippen MR) is 128 cm³/mol. The van der Waals surface area contributed by atoms with Crippen molar-refractivity contribution in [2.75, 3.05) is 6.61 Å². The number of benzene rings is 2. The van der Waals surface area contributed by atoms with E-state index in [2.05, 4.69) is 0 Å². The van der Waals surface area contributed by atoms with E-state index < -0.39 is 23.1 Å². The fraction of sp³-hybridized carbons (Fsp3) is 0.444. The zero-order valence-corrected chi connectivity index (χ0v) is 20.0. The van der Waals surface area contributed by atoms with Crippen LogP contribution in [0.5, 0.6) is 0 Å². The SMILES string of the molecule is CC(C)(C)OC(=O)CCCCCC(N)(C(=O)O)C(=O)OCC1c2ccccc2-c2ccccc21. The maximum atomic E-state index is 12.8. The van der Waals surface area contributed by atoms with Crippen LogP contribution in [-0.2, 0) is 23.9 Å². The number of aliphatic carboxylic acids is 1. The Morgan fingerprint density at radius 1 is 0.912 bits per heavy atom. The first kappa shape index (κ1) is 25.4. The third-order valence-corrected chi connectivity index (χ3v) is 5.96. The fourth-order valence-electron chi connectivity index (χ4n) is 4.27. The van der Waals surface area contributed by atoms with Crippen LogP contribution in [0.15, 0.2) is 48.5 Å². The van der Waals surface area contributed by atoms with E-state index >= 15 is 0 Å². The van der Waals surface area contributed by atoms with Crippen molar-refractivity contribution in [2.24, 2.45) is 5.73 Å². The molecule has 0 aromatic heterocycles. The number of rotatable bonds is 10. The van der Waals surface area contributed by atoms with Crippen LogP contribution < -0.4 is 5.73 Å². The summed E-state index contributed by atoms with van der Waals surface area (Å²) < 4.78 is 10.8. The van der Waals surface area contributed by atoms with Crippen LogP contribution in [0.1, 0.15) is 69.9 Å². The van der Waals surface area contributed by atoms with Crippen molar-refractivity contribution < 1.29 is 29.0 Å². The van der Waals surface area contributed by atoms with Crippen LogP contribution in [0.3, 0.4) is 0 Å². The number of carboxylic acids is 1. The molecule has 1 atom stereocenters. The number of unbranched alkanes of at least 4 members (excludes halogenated alkanes) is 2. The van der Waals surface area contributed by atoms with Gasteiger partial charge in [0.25, 0.3) is 0 Å². The Bertz CT molecular complexity index is 1010. The smallest absolute Gasteiger partial charge is 0.337 e. The second-order valence-electron chi connectivity index (χ2n) is 9.75. The van der Waals surface area contributed by atoms with E-state index in [1.807, 2.05) is 48.5 Å². The van der Waals surface area contributed by atoms with Crippen LogP contribution in [0.2, 0.25) is 0 Å². The highest BCUT2D eigenvalue weighted by molar-refractivity contribution is 6.03. The normalized spacial score (nSPS) is 14.6. The second kappa shape index (κ2) is 10.4. The summed E-state index contributed by atoms with van der Waals surface area (Å²) >= 11 is 0. The van der Waals surface area contributed by atoms with Gasteiger partial charge in [0, 0.05) is 12.3 Å². The summed E-state index contributed by atoms with van der Waals surface area (Å²) in [6.45, 7) is 5.41. The van der Waals surface area contributed by atoms with Crippen LogP contribution in [0, 0.1) is 0 Å². The lowest BCUT2D eigenvalue weighted by molar-refractivity contribution is -0.162. The molecule has 1 unspecified atom stereocenters. The zero-order valence-electron chi connectivity index (χ0n) is 20.0. The third kappa shape index (κ3) is 5.83. The summed E-state index contributed by atoms with van der Waals surface area (Å²) in [5.41, 5.74) is 7.58. The number of hydrogen-bond donors (Lipinski definition) is 2. The molecule has 7 nitrogen and oxygen atoms in total. The van der Waals surface area contributed by atoms with Crippen molar-refractivity contribution in [1.82, 2.24) is 0 Å². The van der Waals surface area contributed by atoms with E-state index in [-0.39, 0.29) is 31.3 Å². The molecule has 0 radical (unpaired) electrons. The molecular weight excluding hydrogens is 434 g/mol. The van der Waals surface area contributed by atoms with Gasteiger partial charge in [0.15, 0.2) is 0 Å². The molecule has 2 aromatic rings. The maximum absolute atomic E-state index is 12.8. The summed E-state index contributed by atoms with van der Waals surface area (Å²) in [5.74, 6) is -2.85. The maximum Gasteiger partial charge on any atom is 0.337 e. The van der Waals surface area contributed by atoms with E-state index in [0.29, 0.717) is 19.3 Å². The Morgan fingerprint density at radius 3 is 2.00 bits per heavy atom. The monoisotopic (exact) mass is 467 g/mol. The van der Waals surface area contributed by atoms with Crippen LogP contribution in [-0.4, -0.2) is 40.8 Å². The molecular formula is C27H33NO6. The van der Waals surface area contributed by atoms with E-state index in [4.69, 9.17) is 15.2 Å². The summed E-state index contributed by atoms with van der Waals surface area (Å²) in [4.78, 5) is 36.5. The number of carbonyl (C=O) groups excluding carboxylic acids is 2. The van der Waals surface area contributed by atoms with Crippen molar-refractivity contribution in [3.63, 3.8) is 0 Å². The largest absolute Gasteiger partial charge is 0.479 e. The number of esters is 2. The Kier molecular flexibility index (Phi) is 7.77. The van der Waals surface area contributed by atoms with Crippen molar-refractivity contribution >= 4 is 17.9 Å². The number of fused-ring (bicyclic) bond motifs is 3. The molecule has 0 saturated heterocycles. The summed E-state index contributed by atoms with van der Waals surface area (Å²) in [5, 5.41) is 9.68. The van der Waals surface area contributed by atoms with Crippen LogP contribution in [0.25, 0.3) is 11.1 Å². The average Bonchev–Trinajstić information content (AvgIpc) is 3.09. The molecule has 2 aromatic carbocycles. The van der Waals surface area contributed by atoms with Gasteiger partial charge in [-0.15, -0.1) is 0 Å².